The topological polar surface area (TPSA) is 54.3 Å². The number of para-hydroxylation sites is 1. The molecule has 1 saturated heterocycles. The summed E-state index contributed by atoms with van der Waals surface area (Å²) in [4.78, 5) is 26.2. The van der Waals surface area contributed by atoms with Gasteiger partial charge in [-0.3, -0.25) is 19.8 Å². The maximum atomic E-state index is 12.6. The first-order valence-electron chi connectivity index (χ1n) is 7.75. The highest BCUT2D eigenvalue weighted by molar-refractivity contribution is 7.80. The average Bonchev–Trinajstić information content (AvgIpc) is 2.94. The fourth-order valence-electron chi connectivity index (χ4n) is 2.82. The molecule has 0 unspecified atom stereocenters. The molecule has 0 spiro atoms. The Kier molecular flexibility index (Phi) is 4.63. The monoisotopic (exact) mass is 351 g/mol. The molecule has 0 aliphatic carbocycles. The first-order valence-corrected chi connectivity index (χ1v) is 8.16. The first-order chi connectivity index (χ1) is 12.1. The Bertz CT molecular complexity index is 939. The highest BCUT2D eigenvalue weighted by Gasteiger charge is 2.32. The summed E-state index contributed by atoms with van der Waals surface area (Å²) in [6.07, 6.45) is 6.88. The molecule has 5 nitrogen and oxygen atoms in total. The van der Waals surface area contributed by atoms with Crippen LogP contribution >= 0.6 is 12.2 Å². The molecule has 0 atom stereocenters. The van der Waals surface area contributed by atoms with E-state index in [0.717, 1.165) is 16.5 Å². The summed E-state index contributed by atoms with van der Waals surface area (Å²) in [5, 5.41) is 3.61. The smallest absolute Gasteiger partial charge is 0.265 e. The number of thiocarbonyl (C=S) groups is 1. The van der Waals surface area contributed by atoms with E-state index in [2.05, 4.69) is 18.5 Å². The van der Waals surface area contributed by atoms with Crippen LogP contribution in [0.2, 0.25) is 0 Å². The van der Waals surface area contributed by atoms with Gasteiger partial charge >= 0.3 is 0 Å². The Morgan fingerprint density at radius 1 is 1.12 bits per heavy atom. The molecule has 0 saturated carbocycles. The summed E-state index contributed by atoms with van der Waals surface area (Å²) in [6.45, 7) is 8.26. The highest BCUT2D eigenvalue weighted by Crippen LogP contribution is 2.25. The molecule has 0 radical (unpaired) electrons. The summed E-state index contributed by atoms with van der Waals surface area (Å²) >= 11 is 5.06. The fourth-order valence-corrected chi connectivity index (χ4v) is 3.07. The zero-order valence-corrected chi connectivity index (χ0v) is 14.4. The minimum atomic E-state index is -0.490. The Morgan fingerprint density at radius 2 is 1.84 bits per heavy atom. The zero-order chi connectivity index (χ0) is 18.0. The Hall–Kier alpha value is -2.99. The fraction of sp³-hybridized carbons (Fsp3) is 0.105. The second kappa shape index (κ2) is 6.86. The molecule has 2 heterocycles. The van der Waals surface area contributed by atoms with E-state index in [4.69, 9.17) is 12.2 Å². The molecule has 0 bridgehead atoms. The second-order valence-corrected chi connectivity index (χ2v) is 5.95. The van der Waals surface area contributed by atoms with E-state index in [1.165, 1.54) is 4.90 Å². The maximum Gasteiger partial charge on any atom is 0.265 e. The van der Waals surface area contributed by atoms with Crippen molar-refractivity contribution in [2.24, 2.45) is 0 Å². The van der Waals surface area contributed by atoms with E-state index in [-0.39, 0.29) is 17.2 Å². The van der Waals surface area contributed by atoms with E-state index in [1.54, 1.807) is 18.2 Å². The van der Waals surface area contributed by atoms with Crippen LogP contribution in [0.25, 0.3) is 17.0 Å². The third-order valence-electron chi connectivity index (χ3n) is 3.94. The number of nitrogens with one attached hydrogen (secondary N) is 1. The van der Waals surface area contributed by atoms with Crippen molar-refractivity contribution in [3.63, 3.8) is 0 Å². The summed E-state index contributed by atoms with van der Waals surface area (Å²) in [5.41, 5.74) is 1.86. The lowest BCUT2D eigenvalue weighted by Crippen LogP contribution is -2.53. The van der Waals surface area contributed by atoms with Crippen LogP contribution < -0.4 is 5.32 Å². The van der Waals surface area contributed by atoms with Crippen LogP contribution in [0.4, 0.5) is 0 Å². The zero-order valence-electron chi connectivity index (χ0n) is 13.6. The van der Waals surface area contributed by atoms with Crippen LogP contribution in [-0.4, -0.2) is 32.9 Å². The number of carbonyl (C=O) groups is 2. The van der Waals surface area contributed by atoms with Gasteiger partial charge in [-0.25, -0.2) is 0 Å². The lowest BCUT2D eigenvalue weighted by atomic mass is 10.1. The summed E-state index contributed by atoms with van der Waals surface area (Å²) in [5.74, 6) is -0.912. The number of carbonyl (C=O) groups excluding carboxylic acids is 2. The van der Waals surface area contributed by atoms with E-state index in [9.17, 15) is 9.59 Å². The van der Waals surface area contributed by atoms with Crippen LogP contribution in [0.1, 0.15) is 5.56 Å². The first kappa shape index (κ1) is 16.9. The van der Waals surface area contributed by atoms with Gasteiger partial charge in [0.25, 0.3) is 11.8 Å². The lowest BCUT2D eigenvalue weighted by molar-refractivity contribution is -0.128. The van der Waals surface area contributed by atoms with Gasteiger partial charge in [0.15, 0.2) is 5.11 Å². The molecule has 25 heavy (non-hydrogen) atoms. The molecule has 1 aromatic carbocycles. The predicted octanol–water partition coefficient (Wildman–Crippen LogP) is 2.64. The van der Waals surface area contributed by atoms with Gasteiger partial charge in [0.2, 0.25) is 0 Å². The molecule has 1 N–H and O–H groups in total. The number of benzene rings is 1. The molecule has 1 aliphatic heterocycles. The van der Waals surface area contributed by atoms with Crippen molar-refractivity contribution in [2.45, 2.75) is 6.54 Å². The lowest BCUT2D eigenvalue weighted by Gasteiger charge is -2.27. The molecular weight excluding hydrogens is 334 g/mol. The van der Waals surface area contributed by atoms with Gasteiger partial charge in [0.05, 0.1) is 0 Å². The van der Waals surface area contributed by atoms with Crippen molar-refractivity contribution < 1.29 is 9.59 Å². The summed E-state index contributed by atoms with van der Waals surface area (Å²) in [7, 11) is 0. The predicted molar refractivity (Wildman–Crippen MR) is 103 cm³/mol. The number of fused-ring (bicyclic) bond motifs is 1. The van der Waals surface area contributed by atoms with Gasteiger partial charge in [0, 0.05) is 35.8 Å². The van der Waals surface area contributed by atoms with Gasteiger partial charge < -0.3 is 4.57 Å². The molecule has 6 heteroatoms. The maximum absolute atomic E-state index is 12.6. The molecule has 1 fully saturated rings. The van der Waals surface area contributed by atoms with Crippen LogP contribution in [-0.2, 0) is 16.1 Å². The largest absolute Gasteiger partial charge is 0.343 e. The molecule has 126 valence electrons. The third-order valence-corrected chi connectivity index (χ3v) is 4.26. The molecule has 2 amide bonds. The number of amides is 2. The van der Waals surface area contributed by atoms with E-state index < -0.39 is 11.8 Å². The SMILES string of the molecule is C=CCN1C(=O)C(=Cc2cn(CC=C)c3ccccc23)C(=O)NC1=S. The number of allylic oxidation sites excluding steroid dienone is 1. The van der Waals surface area contributed by atoms with Gasteiger partial charge in [-0.2, -0.15) is 0 Å². The molecule has 3 rings (SSSR count). The average molecular weight is 351 g/mol. The van der Waals surface area contributed by atoms with E-state index in [1.807, 2.05) is 35.0 Å². The van der Waals surface area contributed by atoms with Crippen molar-refractivity contribution in [3.05, 3.63) is 66.9 Å². The number of nitrogens with zero attached hydrogens (tertiary/aromatic N) is 2. The van der Waals surface area contributed by atoms with Crippen molar-refractivity contribution in [2.75, 3.05) is 6.54 Å². The van der Waals surface area contributed by atoms with E-state index in [0.29, 0.717) is 6.54 Å². The van der Waals surface area contributed by atoms with Gasteiger partial charge in [-0.05, 0) is 24.4 Å². The highest BCUT2D eigenvalue weighted by atomic mass is 32.1. The number of rotatable bonds is 5. The Morgan fingerprint density at radius 3 is 2.56 bits per heavy atom. The van der Waals surface area contributed by atoms with Crippen LogP contribution in [0, 0.1) is 0 Å². The van der Waals surface area contributed by atoms with E-state index >= 15 is 0 Å². The van der Waals surface area contributed by atoms with Crippen LogP contribution in [0.5, 0.6) is 0 Å². The van der Waals surface area contributed by atoms with Gasteiger partial charge in [0.1, 0.15) is 5.57 Å². The standard InChI is InChI=1S/C19H17N3O2S/c1-3-9-21-12-13(14-7-5-6-8-16(14)21)11-15-17(23)20-19(25)22(10-4-2)18(15)24/h3-8,11-12H,1-2,9-10H2,(H,20,23,25). The van der Waals surface area contributed by atoms with Crippen molar-refractivity contribution in [3.8, 4) is 0 Å². The minimum absolute atomic E-state index is 0.0527. The van der Waals surface area contributed by atoms with Gasteiger partial charge in [-0.15, -0.1) is 13.2 Å². The van der Waals surface area contributed by atoms with Crippen molar-refractivity contribution >= 4 is 46.1 Å². The number of hydrogen-bond donors (Lipinski definition) is 1. The van der Waals surface area contributed by atoms with Gasteiger partial charge in [-0.1, -0.05) is 30.4 Å². The number of hydrogen-bond acceptors (Lipinski definition) is 3. The minimum Gasteiger partial charge on any atom is -0.343 e. The normalized spacial score (nSPS) is 16.4. The molecule has 2 aromatic rings. The quantitative estimate of drug-likeness (QED) is 0.390. The molecule has 1 aliphatic rings. The van der Waals surface area contributed by atoms with Crippen LogP contribution in [0.15, 0.2) is 61.3 Å². The third kappa shape index (κ3) is 3.04. The molecular formula is C19H17N3O2S. The van der Waals surface area contributed by atoms with Crippen molar-refractivity contribution in [1.82, 2.24) is 14.8 Å². The number of aromatic nitrogens is 1. The Balaban J connectivity index is 2.10. The Labute approximate surface area is 150 Å². The summed E-state index contributed by atoms with van der Waals surface area (Å²) < 4.78 is 2.02. The second-order valence-electron chi connectivity index (χ2n) is 5.56. The molecule has 1 aromatic heterocycles. The summed E-state index contributed by atoms with van der Waals surface area (Å²) in [6, 6.07) is 7.81. The van der Waals surface area contributed by atoms with Crippen LogP contribution in [0.3, 0.4) is 0 Å². The van der Waals surface area contributed by atoms with Crippen molar-refractivity contribution in [1.29, 1.82) is 0 Å².